The summed E-state index contributed by atoms with van der Waals surface area (Å²) in [5, 5.41) is 9.00. The Labute approximate surface area is 119 Å². The van der Waals surface area contributed by atoms with E-state index in [1.165, 1.54) is 13.8 Å². The van der Waals surface area contributed by atoms with Crippen molar-refractivity contribution < 1.29 is 29.0 Å². The van der Waals surface area contributed by atoms with Crippen LogP contribution in [0.4, 0.5) is 0 Å². The second kappa shape index (κ2) is 8.55. The molecular weight excluding hydrogens is 264 g/mol. The summed E-state index contributed by atoms with van der Waals surface area (Å²) in [6, 6.07) is 0. The van der Waals surface area contributed by atoms with Crippen LogP contribution in [0, 0.1) is 0 Å². The first-order valence-corrected chi connectivity index (χ1v) is 6.92. The predicted molar refractivity (Wildman–Crippen MR) is 72.1 cm³/mol. The van der Waals surface area contributed by atoms with E-state index in [-0.39, 0.29) is 12.8 Å². The van der Waals surface area contributed by atoms with Gasteiger partial charge in [0.2, 0.25) is 5.60 Å². The van der Waals surface area contributed by atoms with E-state index in [1.54, 1.807) is 6.92 Å². The maximum Gasteiger partial charge on any atom is 0.348 e. The van der Waals surface area contributed by atoms with Crippen molar-refractivity contribution in [1.82, 2.24) is 0 Å². The summed E-state index contributed by atoms with van der Waals surface area (Å²) >= 11 is 0. The monoisotopic (exact) mass is 288 g/mol. The van der Waals surface area contributed by atoms with E-state index in [9.17, 15) is 14.4 Å². The Bertz CT molecular complexity index is 352. The Morgan fingerprint density at radius 1 is 1.20 bits per heavy atom. The lowest BCUT2D eigenvalue weighted by molar-refractivity contribution is -0.186. The molecule has 0 aliphatic heterocycles. The molecule has 0 aromatic rings. The second-order valence-electron chi connectivity index (χ2n) is 4.90. The first-order chi connectivity index (χ1) is 9.26. The van der Waals surface area contributed by atoms with Gasteiger partial charge in [0.05, 0.1) is 0 Å². The lowest BCUT2D eigenvalue weighted by Crippen LogP contribution is -2.42. The molecule has 0 rings (SSSR count). The quantitative estimate of drug-likeness (QED) is 0.517. The van der Waals surface area contributed by atoms with Gasteiger partial charge < -0.3 is 14.6 Å². The average Bonchev–Trinajstić information content (AvgIpc) is 2.38. The summed E-state index contributed by atoms with van der Waals surface area (Å²) in [6.07, 6.45) is 1.88. The second-order valence-corrected chi connectivity index (χ2v) is 4.90. The first-order valence-electron chi connectivity index (χ1n) is 6.92. The average molecular weight is 288 g/mol. The van der Waals surface area contributed by atoms with Gasteiger partial charge in [-0.15, -0.1) is 0 Å². The molecule has 2 unspecified atom stereocenters. The molecule has 0 aromatic carbocycles. The summed E-state index contributed by atoms with van der Waals surface area (Å²) in [5.41, 5.74) is -1.60. The van der Waals surface area contributed by atoms with Gasteiger partial charge in [0.25, 0.3) is 0 Å². The Morgan fingerprint density at radius 3 is 2.25 bits per heavy atom. The van der Waals surface area contributed by atoms with Crippen molar-refractivity contribution in [2.24, 2.45) is 0 Å². The Kier molecular flexibility index (Phi) is 7.87. The summed E-state index contributed by atoms with van der Waals surface area (Å²) in [5.74, 6) is -2.55. The third-order valence-corrected chi connectivity index (χ3v) is 3.08. The molecular formula is C14H24O6. The standard InChI is InChI=1S/C14H24O6/c1-5-7-8-9-11(15)19-10(3)12(16)20-14(4,6-2)13(17)18/h10H,5-9H2,1-4H3,(H,17,18). The summed E-state index contributed by atoms with van der Waals surface area (Å²) < 4.78 is 9.84. The molecule has 0 amide bonds. The highest BCUT2D eigenvalue weighted by atomic mass is 16.6. The third-order valence-electron chi connectivity index (χ3n) is 3.08. The van der Waals surface area contributed by atoms with Gasteiger partial charge in [-0.3, -0.25) is 4.79 Å². The molecule has 0 saturated carbocycles. The van der Waals surface area contributed by atoms with Gasteiger partial charge in [0, 0.05) is 6.42 Å². The van der Waals surface area contributed by atoms with E-state index < -0.39 is 29.6 Å². The maximum absolute atomic E-state index is 11.7. The first kappa shape index (κ1) is 18.4. The van der Waals surface area contributed by atoms with E-state index in [1.807, 2.05) is 6.92 Å². The highest BCUT2D eigenvalue weighted by Crippen LogP contribution is 2.17. The van der Waals surface area contributed by atoms with Gasteiger partial charge in [-0.25, -0.2) is 9.59 Å². The molecule has 0 saturated heterocycles. The number of unbranched alkanes of at least 4 members (excludes halogenated alkanes) is 2. The number of hydrogen-bond donors (Lipinski definition) is 1. The number of aliphatic carboxylic acids is 1. The SMILES string of the molecule is CCCCCC(=O)OC(C)C(=O)OC(C)(CC)C(=O)O. The fourth-order valence-corrected chi connectivity index (χ4v) is 1.40. The molecule has 116 valence electrons. The van der Waals surface area contributed by atoms with E-state index in [4.69, 9.17) is 14.6 Å². The van der Waals surface area contributed by atoms with E-state index in [2.05, 4.69) is 0 Å². The number of esters is 2. The smallest absolute Gasteiger partial charge is 0.348 e. The van der Waals surface area contributed by atoms with Crippen LogP contribution in [-0.2, 0) is 23.9 Å². The maximum atomic E-state index is 11.7. The minimum Gasteiger partial charge on any atom is -0.478 e. The molecule has 2 atom stereocenters. The fourth-order valence-electron chi connectivity index (χ4n) is 1.40. The van der Waals surface area contributed by atoms with E-state index >= 15 is 0 Å². The number of carbonyl (C=O) groups excluding carboxylic acids is 2. The number of ether oxygens (including phenoxy) is 2. The van der Waals surface area contributed by atoms with Gasteiger partial charge in [0.15, 0.2) is 6.10 Å². The van der Waals surface area contributed by atoms with Crippen molar-refractivity contribution in [2.75, 3.05) is 0 Å². The van der Waals surface area contributed by atoms with Gasteiger partial charge in [-0.05, 0) is 26.7 Å². The van der Waals surface area contributed by atoms with Crippen LogP contribution in [-0.4, -0.2) is 34.7 Å². The van der Waals surface area contributed by atoms with Crippen LogP contribution < -0.4 is 0 Å². The van der Waals surface area contributed by atoms with Gasteiger partial charge in [-0.2, -0.15) is 0 Å². The molecule has 1 N–H and O–H groups in total. The summed E-state index contributed by atoms with van der Waals surface area (Å²) in [6.45, 7) is 6.30. The number of carboxylic acid groups (broad SMARTS) is 1. The molecule has 6 nitrogen and oxygen atoms in total. The number of carbonyl (C=O) groups is 3. The topological polar surface area (TPSA) is 89.9 Å². The lowest BCUT2D eigenvalue weighted by atomic mass is 10.0. The van der Waals surface area contributed by atoms with Crippen molar-refractivity contribution in [3.63, 3.8) is 0 Å². The van der Waals surface area contributed by atoms with Crippen molar-refractivity contribution in [3.05, 3.63) is 0 Å². The minimum atomic E-state index is -1.60. The van der Waals surface area contributed by atoms with Crippen LogP contribution in [0.25, 0.3) is 0 Å². The minimum absolute atomic E-state index is 0.130. The van der Waals surface area contributed by atoms with Gasteiger partial charge in [-0.1, -0.05) is 26.7 Å². The Balaban J connectivity index is 4.34. The van der Waals surface area contributed by atoms with Gasteiger partial charge in [0.1, 0.15) is 0 Å². The number of carboxylic acids is 1. The Morgan fingerprint density at radius 2 is 1.80 bits per heavy atom. The molecule has 0 spiro atoms. The van der Waals surface area contributed by atoms with E-state index in [0.717, 1.165) is 12.8 Å². The van der Waals surface area contributed by atoms with Crippen molar-refractivity contribution >= 4 is 17.9 Å². The van der Waals surface area contributed by atoms with E-state index in [0.29, 0.717) is 6.42 Å². The normalized spacial score (nSPS) is 15.0. The molecule has 0 fully saturated rings. The molecule has 0 aliphatic rings. The molecule has 0 radical (unpaired) electrons. The van der Waals surface area contributed by atoms with Crippen LogP contribution in [0.5, 0.6) is 0 Å². The fraction of sp³-hybridized carbons (Fsp3) is 0.786. The van der Waals surface area contributed by atoms with Crippen LogP contribution in [0.1, 0.15) is 59.8 Å². The largest absolute Gasteiger partial charge is 0.478 e. The molecule has 0 bridgehead atoms. The zero-order chi connectivity index (χ0) is 15.8. The van der Waals surface area contributed by atoms with Crippen molar-refractivity contribution in [3.8, 4) is 0 Å². The zero-order valence-electron chi connectivity index (χ0n) is 12.6. The zero-order valence-corrected chi connectivity index (χ0v) is 12.6. The molecule has 6 heteroatoms. The molecule has 0 aromatic heterocycles. The van der Waals surface area contributed by atoms with Crippen molar-refractivity contribution in [2.45, 2.75) is 71.5 Å². The van der Waals surface area contributed by atoms with Crippen molar-refractivity contribution in [1.29, 1.82) is 0 Å². The highest BCUT2D eigenvalue weighted by Gasteiger charge is 2.37. The molecule has 20 heavy (non-hydrogen) atoms. The highest BCUT2D eigenvalue weighted by molar-refractivity contribution is 5.84. The van der Waals surface area contributed by atoms with Crippen LogP contribution in [0.15, 0.2) is 0 Å². The number of hydrogen-bond acceptors (Lipinski definition) is 5. The lowest BCUT2D eigenvalue weighted by Gasteiger charge is -2.25. The van der Waals surface area contributed by atoms with Crippen LogP contribution in [0.2, 0.25) is 0 Å². The van der Waals surface area contributed by atoms with Crippen LogP contribution >= 0.6 is 0 Å². The third kappa shape index (κ3) is 6.04. The van der Waals surface area contributed by atoms with Gasteiger partial charge >= 0.3 is 17.9 Å². The number of rotatable bonds is 9. The Hall–Kier alpha value is -1.59. The van der Waals surface area contributed by atoms with Crippen LogP contribution in [0.3, 0.4) is 0 Å². The molecule has 0 heterocycles. The molecule has 0 aliphatic carbocycles. The summed E-state index contributed by atoms with van der Waals surface area (Å²) in [7, 11) is 0. The predicted octanol–water partition coefficient (Wildman–Crippen LogP) is 2.29. The summed E-state index contributed by atoms with van der Waals surface area (Å²) in [4.78, 5) is 34.2.